The van der Waals surface area contributed by atoms with Gasteiger partial charge in [0.25, 0.3) is 0 Å². The van der Waals surface area contributed by atoms with Gasteiger partial charge in [0, 0.05) is 12.7 Å². The van der Waals surface area contributed by atoms with Crippen molar-refractivity contribution in [1.29, 1.82) is 0 Å². The van der Waals surface area contributed by atoms with E-state index in [1.54, 1.807) is 6.20 Å². The number of nitrogens with zero attached hydrogens (tertiary/aromatic N) is 3. The molecule has 1 aromatic heterocycles. The lowest BCUT2D eigenvalue weighted by atomic mass is 10.2. The largest absolute Gasteiger partial charge is 0.394 e. The molecule has 82 valence electrons. The molecule has 0 saturated carbocycles. The first-order valence-electron chi connectivity index (χ1n) is 5.09. The van der Waals surface area contributed by atoms with Gasteiger partial charge in [-0.2, -0.15) is 0 Å². The van der Waals surface area contributed by atoms with Crippen molar-refractivity contribution in [2.45, 2.75) is 24.0 Å². The molecule has 1 fully saturated rings. The number of anilines is 1. The zero-order valence-electron chi connectivity index (χ0n) is 8.76. The highest BCUT2D eigenvalue weighted by Gasteiger charge is 2.24. The fourth-order valence-corrected chi connectivity index (χ4v) is 2.27. The average Bonchev–Trinajstić information content (AvgIpc) is 2.77. The monoisotopic (exact) mass is 225 g/mol. The molecule has 2 rings (SSSR count). The smallest absolute Gasteiger partial charge is 0.189 e. The Morgan fingerprint density at radius 1 is 1.67 bits per heavy atom. The fourth-order valence-electron chi connectivity index (χ4n) is 1.92. The Labute approximate surface area is 93.7 Å². The Morgan fingerprint density at radius 2 is 2.53 bits per heavy atom. The molecule has 0 bridgehead atoms. The number of hydrogen-bond donors (Lipinski definition) is 1. The van der Waals surface area contributed by atoms with Crippen molar-refractivity contribution in [2.24, 2.45) is 0 Å². The highest BCUT2D eigenvalue weighted by Crippen LogP contribution is 2.24. The molecule has 1 N–H and O–H groups in total. The summed E-state index contributed by atoms with van der Waals surface area (Å²) in [7, 11) is 0. The third-order valence-electron chi connectivity index (χ3n) is 2.68. The summed E-state index contributed by atoms with van der Waals surface area (Å²) in [5, 5.41) is 10.0. The summed E-state index contributed by atoms with van der Waals surface area (Å²) in [5.74, 6) is 0.936. The molecule has 5 heteroatoms. The van der Waals surface area contributed by atoms with E-state index in [0.29, 0.717) is 0 Å². The van der Waals surface area contributed by atoms with Crippen LogP contribution in [0.25, 0.3) is 0 Å². The van der Waals surface area contributed by atoms with Gasteiger partial charge in [0.2, 0.25) is 0 Å². The molecule has 4 nitrogen and oxygen atoms in total. The minimum absolute atomic E-state index is 0.207. The lowest BCUT2D eigenvalue weighted by Gasteiger charge is -2.23. The van der Waals surface area contributed by atoms with Crippen LogP contribution in [0.15, 0.2) is 17.4 Å². The summed E-state index contributed by atoms with van der Waals surface area (Å²) in [5.41, 5.74) is 0. The lowest BCUT2D eigenvalue weighted by Crippen LogP contribution is -2.32. The third kappa shape index (κ3) is 2.23. The Morgan fingerprint density at radius 3 is 3.27 bits per heavy atom. The standard InChI is InChI=1S/C10H15N3OS/c1-15-10-11-5-4-9(12-10)13-6-2-3-8(13)7-14/h4-5,8,14H,2-3,6-7H2,1H3/t8-/m1/s1. The molecule has 15 heavy (non-hydrogen) atoms. The van der Waals surface area contributed by atoms with Gasteiger partial charge in [0.1, 0.15) is 5.82 Å². The SMILES string of the molecule is CSc1nccc(N2CCC[C@@H]2CO)n1. The number of aromatic nitrogens is 2. The van der Waals surface area contributed by atoms with E-state index in [-0.39, 0.29) is 12.6 Å². The topological polar surface area (TPSA) is 49.2 Å². The van der Waals surface area contributed by atoms with Gasteiger partial charge in [-0.3, -0.25) is 0 Å². The van der Waals surface area contributed by atoms with Crippen LogP contribution < -0.4 is 4.90 Å². The molecule has 0 radical (unpaired) electrons. The second-order valence-electron chi connectivity index (χ2n) is 3.57. The zero-order valence-corrected chi connectivity index (χ0v) is 9.57. The Balaban J connectivity index is 2.20. The molecule has 1 saturated heterocycles. The summed E-state index contributed by atoms with van der Waals surface area (Å²) < 4.78 is 0. The summed E-state index contributed by atoms with van der Waals surface area (Å²) in [6, 6.07) is 2.14. The molecule has 2 heterocycles. The van der Waals surface area contributed by atoms with Crippen LogP contribution in [-0.2, 0) is 0 Å². The molecule has 0 unspecified atom stereocenters. The van der Waals surface area contributed by atoms with Crippen molar-refractivity contribution in [2.75, 3.05) is 24.3 Å². The second kappa shape index (κ2) is 4.81. The van der Waals surface area contributed by atoms with Crippen LogP contribution in [0.4, 0.5) is 5.82 Å². The highest BCUT2D eigenvalue weighted by atomic mass is 32.2. The molecular formula is C10H15N3OS. The Hall–Kier alpha value is -0.810. The third-order valence-corrected chi connectivity index (χ3v) is 3.25. The van der Waals surface area contributed by atoms with Gasteiger partial charge in [0.05, 0.1) is 12.6 Å². The maximum atomic E-state index is 9.23. The molecular weight excluding hydrogens is 210 g/mol. The van der Waals surface area contributed by atoms with E-state index in [9.17, 15) is 5.11 Å². The Bertz CT molecular complexity index is 334. The zero-order chi connectivity index (χ0) is 10.7. The molecule has 0 spiro atoms. The van der Waals surface area contributed by atoms with Crippen LogP contribution in [0.3, 0.4) is 0 Å². The van der Waals surface area contributed by atoms with Crippen molar-refractivity contribution in [3.8, 4) is 0 Å². The quantitative estimate of drug-likeness (QED) is 0.618. The van der Waals surface area contributed by atoms with E-state index in [4.69, 9.17) is 0 Å². The van der Waals surface area contributed by atoms with E-state index < -0.39 is 0 Å². The normalized spacial score (nSPS) is 20.9. The van der Waals surface area contributed by atoms with Crippen LogP contribution in [0.5, 0.6) is 0 Å². The maximum Gasteiger partial charge on any atom is 0.189 e. The average molecular weight is 225 g/mol. The van der Waals surface area contributed by atoms with Crippen LogP contribution in [0.1, 0.15) is 12.8 Å². The van der Waals surface area contributed by atoms with Crippen molar-refractivity contribution < 1.29 is 5.11 Å². The van der Waals surface area contributed by atoms with Gasteiger partial charge in [-0.05, 0) is 25.2 Å². The van der Waals surface area contributed by atoms with Crippen LogP contribution in [0, 0.1) is 0 Å². The summed E-state index contributed by atoms with van der Waals surface area (Å²) >= 11 is 1.54. The minimum Gasteiger partial charge on any atom is -0.394 e. The van der Waals surface area contributed by atoms with E-state index in [1.165, 1.54) is 11.8 Å². The molecule has 1 aromatic rings. The number of hydrogen-bond acceptors (Lipinski definition) is 5. The molecule has 1 aliphatic rings. The minimum atomic E-state index is 0.207. The van der Waals surface area contributed by atoms with Crippen molar-refractivity contribution in [1.82, 2.24) is 9.97 Å². The van der Waals surface area contributed by atoms with Crippen molar-refractivity contribution in [3.05, 3.63) is 12.3 Å². The van der Waals surface area contributed by atoms with Gasteiger partial charge >= 0.3 is 0 Å². The van der Waals surface area contributed by atoms with Crippen molar-refractivity contribution >= 4 is 17.6 Å². The van der Waals surface area contributed by atoms with E-state index in [0.717, 1.165) is 30.4 Å². The second-order valence-corrected chi connectivity index (χ2v) is 4.35. The first-order chi connectivity index (χ1) is 7.35. The van der Waals surface area contributed by atoms with E-state index in [1.807, 2.05) is 12.3 Å². The first kappa shape index (κ1) is 10.7. The molecule has 0 aliphatic carbocycles. The molecule has 0 amide bonds. The summed E-state index contributed by atoms with van der Waals surface area (Å²) in [6.45, 7) is 1.19. The van der Waals surface area contributed by atoms with E-state index >= 15 is 0 Å². The van der Waals surface area contributed by atoms with Gasteiger partial charge in [-0.1, -0.05) is 11.8 Å². The maximum absolute atomic E-state index is 9.23. The first-order valence-corrected chi connectivity index (χ1v) is 6.32. The summed E-state index contributed by atoms with van der Waals surface area (Å²) in [4.78, 5) is 10.7. The molecule has 0 aromatic carbocycles. The van der Waals surface area contributed by atoms with E-state index in [2.05, 4.69) is 14.9 Å². The van der Waals surface area contributed by atoms with Crippen LogP contribution in [-0.4, -0.2) is 40.5 Å². The van der Waals surface area contributed by atoms with Gasteiger partial charge in [0.15, 0.2) is 5.16 Å². The van der Waals surface area contributed by atoms with Gasteiger partial charge in [-0.15, -0.1) is 0 Å². The van der Waals surface area contributed by atoms with Gasteiger partial charge in [-0.25, -0.2) is 9.97 Å². The van der Waals surface area contributed by atoms with Crippen LogP contribution in [0.2, 0.25) is 0 Å². The van der Waals surface area contributed by atoms with Crippen molar-refractivity contribution in [3.63, 3.8) is 0 Å². The molecule has 1 atom stereocenters. The highest BCUT2D eigenvalue weighted by molar-refractivity contribution is 7.98. The predicted octanol–water partition coefficient (Wildman–Crippen LogP) is 1.16. The Kier molecular flexibility index (Phi) is 3.43. The number of rotatable bonds is 3. The molecule has 1 aliphatic heterocycles. The number of thioether (sulfide) groups is 1. The summed E-state index contributed by atoms with van der Waals surface area (Å²) in [6.07, 6.45) is 5.92. The lowest BCUT2D eigenvalue weighted by molar-refractivity contribution is 0.266. The fraction of sp³-hybridized carbons (Fsp3) is 0.600. The number of aliphatic hydroxyl groups is 1. The predicted molar refractivity (Wildman–Crippen MR) is 61.3 cm³/mol. The number of aliphatic hydroxyl groups excluding tert-OH is 1. The van der Waals surface area contributed by atoms with Gasteiger partial charge < -0.3 is 10.0 Å². The van der Waals surface area contributed by atoms with Crippen LogP contribution >= 0.6 is 11.8 Å².